The maximum absolute atomic E-state index is 10.5. The number of ether oxygens (including phenoxy) is 2. The van der Waals surface area contributed by atoms with Gasteiger partial charge in [0.1, 0.15) is 30.8 Å². The smallest absolute Gasteiger partial charge is 0.256 e. The molecule has 3 rings (SSSR count). The molecule has 1 aromatic heterocycles. The van der Waals surface area contributed by atoms with Crippen LogP contribution in [0.5, 0.6) is 11.5 Å². The number of hydrogen-bond acceptors (Lipinski definition) is 3. The van der Waals surface area contributed by atoms with Crippen LogP contribution in [-0.4, -0.2) is 29.5 Å². The van der Waals surface area contributed by atoms with Crippen LogP contribution in [0.2, 0.25) is 0 Å². The third-order valence-electron chi connectivity index (χ3n) is 4.43. The average molecular weight is 341 g/mol. The molecular weight excluding hydrogens is 316 g/mol. The van der Waals surface area contributed by atoms with E-state index in [1.54, 1.807) is 7.11 Å². The maximum atomic E-state index is 10.5. The molecule has 0 saturated carbocycles. The van der Waals surface area contributed by atoms with Gasteiger partial charge in [-0.05, 0) is 24.3 Å². The van der Waals surface area contributed by atoms with E-state index in [9.17, 15) is 5.11 Å². The Morgan fingerprint density at radius 2 is 1.88 bits per heavy atom. The molecule has 1 heterocycles. The highest BCUT2D eigenvalue weighted by Gasteiger charge is 2.23. The summed E-state index contributed by atoms with van der Waals surface area (Å²) in [5.74, 6) is 2.61. The number of aryl methyl sites for hydroxylation is 1. The average Bonchev–Trinajstić information content (AvgIpc) is 2.92. The van der Waals surface area contributed by atoms with Gasteiger partial charge in [0.2, 0.25) is 0 Å². The lowest BCUT2D eigenvalue weighted by Gasteiger charge is -2.12. The number of aromatic nitrogens is 2. The Morgan fingerprint density at radius 1 is 1.12 bits per heavy atom. The van der Waals surface area contributed by atoms with Crippen molar-refractivity contribution in [2.75, 3.05) is 13.7 Å². The highest BCUT2D eigenvalue weighted by Crippen LogP contribution is 2.19. The highest BCUT2D eigenvalue weighted by molar-refractivity contribution is 5.72. The molecule has 1 unspecified atom stereocenters. The number of methoxy groups -OCH3 is 1. The second-order valence-electron chi connectivity index (χ2n) is 6.07. The maximum Gasteiger partial charge on any atom is 0.256 e. The van der Waals surface area contributed by atoms with Crippen molar-refractivity contribution in [3.8, 4) is 11.5 Å². The number of benzene rings is 2. The molecule has 1 N–H and O–H groups in total. The topological polar surface area (TPSA) is 47.5 Å². The molecule has 25 heavy (non-hydrogen) atoms. The van der Waals surface area contributed by atoms with Crippen molar-refractivity contribution in [2.45, 2.75) is 26.0 Å². The van der Waals surface area contributed by atoms with E-state index in [0.717, 1.165) is 17.7 Å². The van der Waals surface area contributed by atoms with Crippen molar-refractivity contribution in [2.24, 2.45) is 7.05 Å². The number of hydrogen-bond donors (Lipinski definition) is 1. The summed E-state index contributed by atoms with van der Waals surface area (Å²) in [4.78, 5) is 0. The van der Waals surface area contributed by atoms with Gasteiger partial charge >= 0.3 is 0 Å². The van der Waals surface area contributed by atoms with Crippen molar-refractivity contribution in [1.29, 1.82) is 0 Å². The number of aliphatic hydroxyl groups excluding tert-OH is 1. The molecule has 0 radical (unpaired) electrons. The lowest BCUT2D eigenvalue weighted by Crippen LogP contribution is -2.34. The number of fused-ring (bicyclic) bond motifs is 1. The molecule has 5 heteroatoms. The predicted molar refractivity (Wildman–Crippen MR) is 97.0 cm³/mol. The molecule has 1 atom stereocenters. The van der Waals surface area contributed by atoms with Crippen molar-refractivity contribution >= 4 is 11.0 Å². The number of imidazole rings is 1. The SMILES string of the molecule is CCc1n(CC(O)COc2cccc(OC)c2)c2ccccc2[n+]1C. The van der Waals surface area contributed by atoms with E-state index in [2.05, 4.69) is 35.2 Å². The van der Waals surface area contributed by atoms with Gasteiger partial charge in [-0.2, -0.15) is 0 Å². The molecule has 0 aliphatic heterocycles. The van der Waals surface area contributed by atoms with E-state index in [-0.39, 0.29) is 6.61 Å². The lowest BCUT2D eigenvalue weighted by atomic mass is 10.3. The van der Waals surface area contributed by atoms with Gasteiger partial charge in [-0.3, -0.25) is 0 Å². The second kappa shape index (κ2) is 7.57. The molecule has 132 valence electrons. The molecule has 3 aromatic rings. The van der Waals surface area contributed by atoms with Crippen LogP contribution in [0.1, 0.15) is 12.7 Å². The van der Waals surface area contributed by atoms with Crippen LogP contribution >= 0.6 is 0 Å². The summed E-state index contributed by atoms with van der Waals surface area (Å²) in [6.45, 7) is 2.85. The fraction of sp³-hybridized carbons (Fsp3) is 0.350. The summed E-state index contributed by atoms with van der Waals surface area (Å²) in [6.07, 6.45) is 0.293. The Hall–Kier alpha value is -2.53. The third kappa shape index (κ3) is 3.61. The van der Waals surface area contributed by atoms with Gasteiger partial charge in [0, 0.05) is 12.5 Å². The fourth-order valence-corrected chi connectivity index (χ4v) is 3.21. The molecule has 0 bridgehead atoms. The van der Waals surface area contributed by atoms with E-state index in [1.807, 2.05) is 36.4 Å². The number of para-hydroxylation sites is 2. The van der Waals surface area contributed by atoms with Crippen molar-refractivity contribution in [3.05, 3.63) is 54.4 Å². The zero-order valence-electron chi connectivity index (χ0n) is 15.0. The highest BCUT2D eigenvalue weighted by atomic mass is 16.5. The Kier molecular flexibility index (Phi) is 5.24. The number of rotatable bonds is 7. The van der Waals surface area contributed by atoms with E-state index < -0.39 is 6.10 Å². The normalized spacial score (nSPS) is 12.3. The standard InChI is InChI=1S/C20H25N2O3/c1-4-20-21(2)18-10-5-6-11-19(18)22(20)13-15(23)14-25-17-9-7-8-16(12-17)24-3/h5-12,15,23H,4,13-14H2,1-3H3/q+1. The summed E-state index contributed by atoms with van der Waals surface area (Å²) in [7, 11) is 3.69. The molecule has 0 aliphatic rings. The summed E-state index contributed by atoms with van der Waals surface area (Å²) in [6, 6.07) is 15.7. The van der Waals surface area contributed by atoms with Gasteiger partial charge in [-0.15, -0.1) is 0 Å². The number of nitrogens with zero attached hydrogens (tertiary/aromatic N) is 2. The third-order valence-corrected chi connectivity index (χ3v) is 4.43. The zero-order chi connectivity index (χ0) is 17.8. The monoisotopic (exact) mass is 341 g/mol. The van der Waals surface area contributed by atoms with Crippen LogP contribution in [-0.2, 0) is 20.0 Å². The lowest BCUT2D eigenvalue weighted by molar-refractivity contribution is -0.653. The zero-order valence-corrected chi connectivity index (χ0v) is 15.0. The van der Waals surface area contributed by atoms with Gasteiger partial charge in [-0.25, -0.2) is 9.13 Å². The molecule has 0 aliphatic carbocycles. The van der Waals surface area contributed by atoms with E-state index in [0.29, 0.717) is 12.3 Å². The van der Waals surface area contributed by atoms with E-state index >= 15 is 0 Å². The summed E-state index contributed by atoms with van der Waals surface area (Å²) < 4.78 is 15.3. The largest absolute Gasteiger partial charge is 0.497 e. The van der Waals surface area contributed by atoms with Crippen LogP contribution in [0.25, 0.3) is 11.0 Å². The second-order valence-corrected chi connectivity index (χ2v) is 6.07. The molecule has 5 nitrogen and oxygen atoms in total. The minimum absolute atomic E-state index is 0.229. The van der Waals surface area contributed by atoms with Crippen LogP contribution in [0.15, 0.2) is 48.5 Å². The van der Waals surface area contributed by atoms with Gasteiger partial charge in [-0.1, -0.05) is 25.1 Å². The first-order valence-electron chi connectivity index (χ1n) is 8.55. The summed E-state index contributed by atoms with van der Waals surface area (Å²) in [5, 5.41) is 10.5. The van der Waals surface area contributed by atoms with Gasteiger partial charge < -0.3 is 14.6 Å². The Morgan fingerprint density at radius 3 is 2.64 bits per heavy atom. The Balaban J connectivity index is 1.74. The van der Waals surface area contributed by atoms with Crippen molar-refractivity contribution < 1.29 is 19.1 Å². The summed E-state index contributed by atoms with van der Waals surface area (Å²) >= 11 is 0. The summed E-state index contributed by atoms with van der Waals surface area (Å²) in [5.41, 5.74) is 2.29. The molecule has 0 saturated heterocycles. The van der Waals surface area contributed by atoms with Crippen molar-refractivity contribution in [1.82, 2.24) is 4.57 Å². The molecular formula is C20H25N2O3+. The first-order valence-corrected chi connectivity index (χ1v) is 8.55. The van der Waals surface area contributed by atoms with Gasteiger partial charge in [0.05, 0.1) is 14.2 Å². The molecule has 0 spiro atoms. The Bertz CT molecular complexity index is 857. The van der Waals surface area contributed by atoms with E-state index in [1.165, 1.54) is 11.3 Å². The molecule has 0 fully saturated rings. The first kappa shape index (κ1) is 17.3. The first-order chi connectivity index (χ1) is 12.1. The molecule has 0 amide bonds. The Labute approximate surface area is 148 Å². The minimum Gasteiger partial charge on any atom is -0.497 e. The number of aliphatic hydroxyl groups is 1. The van der Waals surface area contributed by atoms with E-state index in [4.69, 9.17) is 9.47 Å². The van der Waals surface area contributed by atoms with Gasteiger partial charge in [0.15, 0.2) is 11.0 Å². The van der Waals surface area contributed by atoms with Crippen LogP contribution in [0.3, 0.4) is 0 Å². The quantitative estimate of drug-likeness (QED) is 0.672. The minimum atomic E-state index is -0.604. The van der Waals surface area contributed by atoms with Crippen LogP contribution in [0, 0.1) is 0 Å². The molecule has 2 aromatic carbocycles. The van der Waals surface area contributed by atoms with Gasteiger partial charge in [0.25, 0.3) is 5.82 Å². The van der Waals surface area contributed by atoms with Crippen LogP contribution in [0.4, 0.5) is 0 Å². The fourth-order valence-electron chi connectivity index (χ4n) is 3.21. The predicted octanol–water partition coefficient (Wildman–Crippen LogP) is 2.48. The van der Waals surface area contributed by atoms with Crippen molar-refractivity contribution in [3.63, 3.8) is 0 Å². The van der Waals surface area contributed by atoms with Crippen LogP contribution < -0.4 is 14.0 Å².